The SMILES string of the molecule is CC(=O)O.CC(=O)O.CC(C)CC(Nc1cccc(C(=N)N)c1)C(=O)Nc1ccc(N(C)C)cc1. The molecule has 0 fully saturated rings. The maximum absolute atomic E-state index is 12.8. The molecule has 0 radical (unpaired) electrons. The van der Waals surface area contributed by atoms with E-state index in [-0.39, 0.29) is 17.8 Å². The van der Waals surface area contributed by atoms with Gasteiger partial charge in [-0.3, -0.25) is 19.8 Å². The van der Waals surface area contributed by atoms with Gasteiger partial charge in [0.05, 0.1) is 0 Å². The maximum atomic E-state index is 12.8. The first kappa shape index (κ1) is 30.9. The van der Waals surface area contributed by atoms with E-state index in [1.165, 1.54) is 0 Å². The van der Waals surface area contributed by atoms with Gasteiger partial charge in [-0.15, -0.1) is 0 Å². The molecule has 35 heavy (non-hydrogen) atoms. The van der Waals surface area contributed by atoms with E-state index >= 15 is 0 Å². The minimum atomic E-state index is -0.833. The predicted molar refractivity (Wildman–Crippen MR) is 140 cm³/mol. The third-order valence-corrected chi connectivity index (χ3v) is 4.19. The molecule has 192 valence electrons. The highest BCUT2D eigenvalue weighted by Gasteiger charge is 2.20. The lowest BCUT2D eigenvalue weighted by molar-refractivity contribution is -0.135. The lowest BCUT2D eigenvalue weighted by Gasteiger charge is -2.22. The number of nitrogens with zero attached hydrogens (tertiary/aromatic N) is 1. The Hall–Kier alpha value is -4.08. The van der Waals surface area contributed by atoms with Gasteiger partial charge in [-0.25, -0.2) is 0 Å². The summed E-state index contributed by atoms with van der Waals surface area (Å²) in [4.78, 5) is 32.8. The molecule has 7 N–H and O–H groups in total. The van der Waals surface area contributed by atoms with Gasteiger partial charge in [0.25, 0.3) is 11.9 Å². The molecule has 0 spiro atoms. The molecule has 2 aromatic carbocycles. The monoisotopic (exact) mass is 487 g/mol. The number of nitrogens with two attached hydrogens (primary N) is 1. The van der Waals surface area contributed by atoms with Gasteiger partial charge in [0.15, 0.2) is 0 Å². The summed E-state index contributed by atoms with van der Waals surface area (Å²) in [5.41, 5.74) is 8.80. The summed E-state index contributed by atoms with van der Waals surface area (Å²) in [5.74, 6) is -1.40. The zero-order valence-corrected chi connectivity index (χ0v) is 21.1. The average Bonchev–Trinajstić information content (AvgIpc) is 2.72. The Morgan fingerprint density at radius 3 is 1.91 bits per heavy atom. The number of amidine groups is 1. The van der Waals surface area contributed by atoms with Crippen LogP contribution in [0, 0.1) is 11.3 Å². The molecule has 2 rings (SSSR count). The lowest BCUT2D eigenvalue weighted by atomic mass is 10.0. The van der Waals surface area contributed by atoms with Crippen molar-refractivity contribution in [2.45, 2.75) is 40.2 Å². The molecule has 1 amide bonds. The average molecular weight is 488 g/mol. The standard InChI is InChI=1S/C21H29N5O.2C2H4O2/c1-14(2)12-19(24-17-7-5-6-15(13-17)20(22)23)21(27)25-16-8-10-18(11-9-16)26(3)4;2*1-2(3)4/h5-11,13-14,19,24H,12H2,1-4H3,(H3,22,23)(H,25,27);2*1H3,(H,3,4). The Morgan fingerprint density at radius 2 is 1.49 bits per heavy atom. The van der Waals surface area contributed by atoms with E-state index < -0.39 is 11.9 Å². The lowest BCUT2D eigenvalue weighted by Crippen LogP contribution is -2.36. The van der Waals surface area contributed by atoms with Crippen LogP contribution in [0.5, 0.6) is 0 Å². The van der Waals surface area contributed by atoms with Crippen LogP contribution in [0.25, 0.3) is 0 Å². The van der Waals surface area contributed by atoms with Crippen molar-refractivity contribution in [3.8, 4) is 0 Å². The van der Waals surface area contributed by atoms with Gasteiger partial charge in [0.1, 0.15) is 11.9 Å². The quantitative estimate of drug-likeness (QED) is 0.242. The second-order valence-corrected chi connectivity index (χ2v) is 8.29. The van der Waals surface area contributed by atoms with Crippen LogP contribution in [0.2, 0.25) is 0 Å². The van der Waals surface area contributed by atoms with E-state index in [2.05, 4.69) is 24.5 Å². The molecule has 2 aromatic rings. The van der Waals surface area contributed by atoms with Crippen LogP contribution < -0.4 is 21.3 Å². The van der Waals surface area contributed by atoms with Crippen molar-refractivity contribution in [2.24, 2.45) is 11.7 Å². The third-order valence-electron chi connectivity index (χ3n) is 4.19. The number of hydrogen-bond acceptors (Lipinski definition) is 6. The number of nitrogen functional groups attached to an aromatic ring is 1. The molecule has 0 aliphatic rings. The van der Waals surface area contributed by atoms with Crippen molar-refractivity contribution >= 4 is 40.7 Å². The number of benzene rings is 2. The van der Waals surface area contributed by atoms with Crippen LogP contribution in [0.15, 0.2) is 48.5 Å². The Kier molecular flexibility index (Phi) is 13.9. The van der Waals surface area contributed by atoms with Gasteiger partial charge in [-0.1, -0.05) is 26.0 Å². The van der Waals surface area contributed by atoms with E-state index in [9.17, 15) is 4.79 Å². The fraction of sp³-hybridized carbons (Fsp3) is 0.360. The molecule has 10 heteroatoms. The molecule has 0 bridgehead atoms. The van der Waals surface area contributed by atoms with Gasteiger partial charge in [0, 0.05) is 50.6 Å². The number of hydrogen-bond donors (Lipinski definition) is 6. The fourth-order valence-corrected chi connectivity index (χ4v) is 2.75. The number of carboxylic acid groups (broad SMARTS) is 2. The van der Waals surface area contributed by atoms with Crippen molar-refractivity contribution in [3.05, 3.63) is 54.1 Å². The Labute approximate surface area is 206 Å². The number of anilines is 3. The second-order valence-electron chi connectivity index (χ2n) is 8.29. The summed E-state index contributed by atoms with van der Waals surface area (Å²) in [5, 5.41) is 28.7. The number of amides is 1. The summed E-state index contributed by atoms with van der Waals surface area (Å²) in [6, 6.07) is 14.6. The summed E-state index contributed by atoms with van der Waals surface area (Å²) in [6.45, 7) is 6.33. The first-order valence-electron chi connectivity index (χ1n) is 10.9. The number of carboxylic acids is 2. The first-order valence-corrected chi connectivity index (χ1v) is 10.9. The summed E-state index contributed by atoms with van der Waals surface area (Å²) in [6.07, 6.45) is 0.686. The molecular formula is C25H37N5O5. The number of rotatable bonds is 8. The Bertz CT molecular complexity index is 954. The Balaban J connectivity index is 0.00000126. The van der Waals surface area contributed by atoms with Crippen LogP contribution in [-0.2, 0) is 14.4 Å². The van der Waals surface area contributed by atoms with E-state index in [4.69, 9.17) is 30.9 Å². The number of carbonyl (C=O) groups excluding carboxylic acids is 1. The van der Waals surface area contributed by atoms with E-state index in [0.29, 0.717) is 17.9 Å². The van der Waals surface area contributed by atoms with Crippen molar-refractivity contribution in [1.29, 1.82) is 5.41 Å². The zero-order valence-electron chi connectivity index (χ0n) is 21.1. The topological polar surface area (TPSA) is 169 Å². The maximum Gasteiger partial charge on any atom is 0.300 e. The van der Waals surface area contributed by atoms with E-state index in [1.54, 1.807) is 12.1 Å². The Morgan fingerprint density at radius 1 is 0.971 bits per heavy atom. The molecule has 0 heterocycles. The van der Waals surface area contributed by atoms with Gasteiger partial charge in [0.2, 0.25) is 5.91 Å². The van der Waals surface area contributed by atoms with Crippen LogP contribution in [-0.4, -0.2) is 54.0 Å². The van der Waals surface area contributed by atoms with E-state index in [0.717, 1.165) is 30.9 Å². The highest BCUT2D eigenvalue weighted by molar-refractivity contribution is 5.98. The molecule has 0 aromatic heterocycles. The zero-order chi connectivity index (χ0) is 27.1. The molecule has 0 saturated carbocycles. The van der Waals surface area contributed by atoms with Crippen molar-refractivity contribution in [3.63, 3.8) is 0 Å². The van der Waals surface area contributed by atoms with Crippen LogP contribution in [0.4, 0.5) is 17.1 Å². The molecule has 10 nitrogen and oxygen atoms in total. The van der Waals surface area contributed by atoms with E-state index in [1.807, 2.05) is 55.4 Å². The highest BCUT2D eigenvalue weighted by atomic mass is 16.4. The number of aliphatic carboxylic acids is 2. The van der Waals surface area contributed by atoms with Gasteiger partial charge in [-0.05, 0) is 48.7 Å². The molecule has 0 saturated heterocycles. The van der Waals surface area contributed by atoms with Gasteiger partial charge < -0.3 is 31.5 Å². The van der Waals surface area contributed by atoms with Crippen molar-refractivity contribution in [2.75, 3.05) is 29.6 Å². The largest absolute Gasteiger partial charge is 0.481 e. The molecule has 1 atom stereocenters. The summed E-state index contributed by atoms with van der Waals surface area (Å²) >= 11 is 0. The van der Waals surface area contributed by atoms with Crippen LogP contribution in [0.1, 0.15) is 39.7 Å². The third kappa shape index (κ3) is 14.6. The minimum Gasteiger partial charge on any atom is -0.481 e. The molecular weight excluding hydrogens is 450 g/mol. The molecule has 0 aliphatic heterocycles. The normalized spacial score (nSPS) is 10.5. The first-order chi connectivity index (χ1) is 16.2. The number of carbonyl (C=O) groups is 3. The van der Waals surface area contributed by atoms with Gasteiger partial charge in [-0.2, -0.15) is 0 Å². The summed E-state index contributed by atoms with van der Waals surface area (Å²) in [7, 11) is 3.96. The summed E-state index contributed by atoms with van der Waals surface area (Å²) < 4.78 is 0. The van der Waals surface area contributed by atoms with Crippen molar-refractivity contribution < 1.29 is 24.6 Å². The number of nitrogens with one attached hydrogen (secondary N) is 3. The second kappa shape index (κ2) is 15.7. The van der Waals surface area contributed by atoms with Gasteiger partial charge >= 0.3 is 0 Å². The molecule has 1 unspecified atom stereocenters. The fourth-order valence-electron chi connectivity index (χ4n) is 2.75. The predicted octanol–water partition coefficient (Wildman–Crippen LogP) is 3.68. The van der Waals surface area contributed by atoms with Crippen LogP contribution >= 0.6 is 0 Å². The molecule has 0 aliphatic carbocycles. The van der Waals surface area contributed by atoms with Crippen molar-refractivity contribution in [1.82, 2.24) is 0 Å². The highest BCUT2D eigenvalue weighted by Crippen LogP contribution is 2.19. The minimum absolute atomic E-state index is 0.00416. The van der Waals surface area contributed by atoms with Crippen LogP contribution in [0.3, 0.4) is 0 Å². The smallest absolute Gasteiger partial charge is 0.300 e.